The summed E-state index contributed by atoms with van der Waals surface area (Å²) < 4.78 is 12.9. The van der Waals surface area contributed by atoms with Crippen molar-refractivity contribution in [2.24, 2.45) is 5.92 Å². The molecule has 1 heterocycles. The van der Waals surface area contributed by atoms with Crippen molar-refractivity contribution in [3.63, 3.8) is 0 Å². The molecule has 27 heavy (non-hydrogen) atoms. The predicted molar refractivity (Wildman–Crippen MR) is 106 cm³/mol. The van der Waals surface area contributed by atoms with Gasteiger partial charge >= 0.3 is 0 Å². The Kier molecular flexibility index (Phi) is 6.30. The van der Waals surface area contributed by atoms with Crippen molar-refractivity contribution in [3.05, 3.63) is 70.5 Å². The van der Waals surface area contributed by atoms with Crippen LogP contribution in [0.3, 0.4) is 0 Å². The van der Waals surface area contributed by atoms with Crippen LogP contribution in [0.25, 0.3) is 0 Å². The predicted octanol–water partition coefficient (Wildman–Crippen LogP) is 4.67. The molecule has 2 aromatic carbocycles. The Morgan fingerprint density at radius 3 is 2.52 bits per heavy atom. The van der Waals surface area contributed by atoms with E-state index in [9.17, 15) is 14.3 Å². The summed E-state index contributed by atoms with van der Waals surface area (Å²) in [7, 11) is 0. The monoisotopic (exact) mass is 389 g/mol. The summed E-state index contributed by atoms with van der Waals surface area (Å²) in [6.07, 6.45) is 1.85. The van der Waals surface area contributed by atoms with Gasteiger partial charge in [-0.1, -0.05) is 30.7 Å². The second kappa shape index (κ2) is 8.51. The molecule has 0 bridgehead atoms. The fourth-order valence-electron chi connectivity index (χ4n) is 3.82. The van der Waals surface area contributed by atoms with Crippen LogP contribution in [0.15, 0.2) is 48.5 Å². The van der Waals surface area contributed by atoms with Crippen molar-refractivity contribution < 1.29 is 14.3 Å². The number of ketones is 1. The molecule has 3 rings (SSSR count). The van der Waals surface area contributed by atoms with Gasteiger partial charge in [-0.25, -0.2) is 4.39 Å². The first kappa shape index (κ1) is 20.0. The van der Waals surface area contributed by atoms with Crippen molar-refractivity contribution in [2.45, 2.75) is 31.8 Å². The number of carbonyl (C=O) groups excluding carboxylic acids is 1. The van der Waals surface area contributed by atoms with E-state index >= 15 is 0 Å². The van der Waals surface area contributed by atoms with Crippen LogP contribution in [-0.4, -0.2) is 35.4 Å². The summed E-state index contributed by atoms with van der Waals surface area (Å²) in [6, 6.07) is 13.1. The van der Waals surface area contributed by atoms with Gasteiger partial charge in [0.15, 0.2) is 5.78 Å². The van der Waals surface area contributed by atoms with Crippen LogP contribution in [0.4, 0.5) is 4.39 Å². The Bertz CT molecular complexity index is 778. The van der Waals surface area contributed by atoms with Crippen LogP contribution < -0.4 is 0 Å². The van der Waals surface area contributed by atoms with Gasteiger partial charge in [-0.05, 0) is 61.3 Å². The Hall–Kier alpha value is -1.75. The van der Waals surface area contributed by atoms with Crippen LogP contribution >= 0.6 is 11.6 Å². The van der Waals surface area contributed by atoms with Gasteiger partial charge in [0.25, 0.3) is 0 Å². The number of benzene rings is 2. The summed E-state index contributed by atoms with van der Waals surface area (Å²) in [6.45, 7) is 4.44. The van der Waals surface area contributed by atoms with E-state index in [-0.39, 0.29) is 17.5 Å². The maximum absolute atomic E-state index is 12.9. The van der Waals surface area contributed by atoms with Crippen molar-refractivity contribution in [1.82, 2.24) is 4.90 Å². The van der Waals surface area contributed by atoms with E-state index in [1.54, 1.807) is 0 Å². The molecule has 1 N–H and O–H groups in total. The summed E-state index contributed by atoms with van der Waals surface area (Å²) in [4.78, 5) is 14.5. The molecule has 0 aliphatic carbocycles. The fourth-order valence-corrected chi connectivity index (χ4v) is 3.94. The Balaban J connectivity index is 1.50. The lowest BCUT2D eigenvalue weighted by Crippen LogP contribution is -2.49. The molecular weight excluding hydrogens is 365 g/mol. The lowest BCUT2D eigenvalue weighted by Gasteiger charge is -2.43. The Labute approximate surface area is 164 Å². The minimum atomic E-state index is -0.842. The van der Waals surface area contributed by atoms with E-state index < -0.39 is 5.60 Å². The number of halogens is 2. The third-order valence-electron chi connectivity index (χ3n) is 5.54. The zero-order valence-corrected chi connectivity index (χ0v) is 16.3. The van der Waals surface area contributed by atoms with Gasteiger partial charge in [0, 0.05) is 36.0 Å². The van der Waals surface area contributed by atoms with Gasteiger partial charge in [-0.3, -0.25) is 4.79 Å². The molecule has 2 atom stereocenters. The first-order chi connectivity index (χ1) is 12.9. The van der Waals surface area contributed by atoms with E-state index in [1.165, 1.54) is 24.3 Å². The maximum Gasteiger partial charge on any atom is 0.162 e. The number of rotatable bonds is 6. The van der Waals surface area contributed by atoms with E-state index in [0.29, 0.717) is 23.4 Å². The molecule has 0 saturated carbocycles. The molecule has 1 aliphatic heterocycles. The second-order valence-corrected chi connectivity index (χ2v) is 7.85. The lowest BCUT2D eigenvalue weighted by molar-refractivity contribution is -0.0711. The standard InChI is InChI=1S/C22H25ClFNO2/c1-16-15-25(13-2-3-21(26)17-4-10-20(24)11-5-17)14-12-22(16,27)18-6-8-19(23)9-7-18/h4-11,16,27H,2-3,12-15H2,1H3. The molecule has 1 saturated heterocycles. The Morgan fingerprint density at radius 1 is 1.22 bits per heavy atom. The molecule has 0 aromatic heterocycles. The lowest BCUT2D eigenvalue weighted by atomic mass is 9.77. The molecule has 0 radical (unpaired) electrons. The van der Waals surface area contributed by atoms with Crippen LogP contribution in [0.1, 0.15) is 42.1 Å². The van der Waals surface area contributed by atoms with Gasteiger partial charge < -0.3 is 10.0 Å². The number of aliphatic hydroxyl groups is 1. The number of carbonyl (C=O) groups is 1. The third kappa shape index (κ3) is 4.75. The molecule has 2 aromatic rings. The highest BCUT2D eigenvalue weighted by molar-refractivity contribution is 6.30. The first-order valence-electron chi connectivity index (χ1n) is 9.38. The number of Topliss-reactive ketones (excluding diaryl/α,β-unsaturated/α-hetero) is 1. The fraction of sp³-hybridized carbons (Fsp3) is 0.409. The maximum atomic E-state index is 12.9. The second-order valence-electron chi connectivity index (χ2n) is 7.42. The molecule has 3 nitrogen and oxygen atoms in total. The summed E-state index contributed by atoms with van der Waals surface area (Å²) in [5.41, 5.74) is 0.622. The zero-order chi connectivity index (χ0) is 19.4. The highest BCUT2D eigenvalue weighted by Crippen LogP contribution is 2.37. The molecule has 144 valence electrons. The normalized spacial score (nSPS) is 23.3. The molecule has 2 unspecified atom stereocenters. The third-order valence-corrected chi connectivity index (χ3v) is 5.80. The van der Waals surface area contributed by atoms with E-state index in [2.05, 4.69) is 11.8 Å². The van der Waals surface area contributed by atoms with Gasteiger partial charge in [0.05, 0.1) is 5.60 Å². The first-order valence-corrected chi connectivity index (χ1v) is 9.76. The molecule has 5 heteroatoms. The van der Waals surface area contributed by atoms with Crippen molar-refractivity contribution in [2.75, 3.05) is 19.6 Å². The quantitative estimate of drug-likeness (QED) is 0.730. The molecule has 0 spiro atoms. The molecule has 1 fully saturated rings. The van der Waals surface area contributed by atoms with Crippen LogP contribution in [0.2, 0.25) is 5.02 Å². The van der Waals surface area contributed by atoms with Gasteiger partial charge in [-0.2, -0.15) is 0 Å². The number of hydrogen-bond donors (Lipinski definition) is 1. The van der Waals surface area contributed by atoms with E-state index in [0.717, 1.165) is 31.6 Å². The summed E-state index contributed by atoms with van der Waals surface area (Å²) >= 11 is 5.95. The highest BCUT2D eigenvalue weighted by atomic mass is 35.5. The van der Waals surface area contributed by atoms with E-state index in [1.807, 2.05) is 24.3 Å². The number of nitrogens with zero attached hydrogens (tertiary/aromatic N) is 1. The van der Waals surface area contributed by atoms with Gasteiger partial charge in [0.1, 0.15) is 5.82 Å². The van der Waals surface area contributed by atoms with Crippen molar-refractivity contribution >= 4 is 17.4 Å². The average molecular weight is 390 g/mol. The van der Waals surface area contributed by atoms with Crippen molar-refractivity contribution in [1.29, 1.82) is 0 Å². The minimum Gasteiger partial charge on any atom is -0.385 e. The van der Waals surface area contributed by atoms with Crippen LogP contribution in [0, 0.1) is 11.7 Å². The van der Waals surface area contributed by atoms with Crippen molar-refractivity contribution in [3.8, 4) is 0 Å². The van der Waals surface area contributed by atoms with Crippen LogP contribution in [-0.2, 0) is 5.60 Å². The van der Waals surface area contributed by atoms with Gasteiger partial charge in [-0.15, -0.1) is 0 Å². The molecule has 1 aliphatic rings. The Morgan fingerprint density at radius 2 is 1.89 bits per heavy atom. The average Bonchev–Trinajstić information content (AvgIpc) is 2.65. The van der Waals surface area contributed by atoms with Gasteiger partial charge in [0.2, 0.25) is 0 Å². The van der Waals surface area contributed by atoms with Crippen LogP contribution in [0.5, 0.6) is 0 Å². The topological polar surface area (TPSA) is 40.5 Å². The molecular formula is C22H25ClFNO2. The smallest absolute Gasteiger partial charge is 0.162 e. The highest BCUT2D eigenvalue weighted by Gasteiger charge is 2.40. The number of piperidine rings is 1. The SMILES string of the molecule is CC1CN(CCCC(=O)c2ccc(F)cc2)CCC1(O)c1ccc(Cl)cc1. The summed E-state index contributed by atoms with van der Waals surface area (Å²) in [5.74, 6) is -0.208. The molecule has 0 amide bonds. The number of likely N-dealkylation sites (tertiary alicyclic amines) is 1. The largest absolute Gasteiger partial charge is 0.385 e. The number of hydrogen-bond acceptors (Lipinski definition) is 3. The minimum absolute atomic E-state index is 0.0396. The van der Waals surface area contributed by atoms with E-state index in [4.69, 9.17) is 11.6 Å². The zero-order valence-electron chi connectivity index (χ0n) is 15.5. The summed E-state index contributed by atoms with van der Waals surface area (Å²) in [5, 5.41) is 11.8.